The molecule has 1 heterocycles. The normalized spacial score (nSPS) is 30.2. The SMILES string of the molecule is CCCCCC(O)CC[C@H]1O[C@H](OC)C[C@H](O)[C@@H]1CC(=O)O. The molecule has 0 radical (unpaired) electrons. The molecule has 1 saturated heterocycles. The predicted molar refractivity (Wildman–Crippen MR) is 81.4 cm³/mol. The van der Waals surface area contributed by atoms with Crippen LogP contribution in [0.15, 0.2) is 0 Å². The Hall–Kier alpha value is -0.690. The molecule has 0 bridgehead atoms. The lowest BCUT2D eigenvalue weighted by molar-refractivity contribution is -0.230. The summed E-state index contributed by atoms with van der Waals surface area (Å²) in [5, 5.41) is 29.1. The molecule has 0 aromatic carbocycles. The third-order valence-corrected chi connectivity index (χ3v) is 4.33. The number of rotatable bonds is 10. The number of carboxylic acids is 1. The molecule has 5 atom stereocenters. The summed E-state index contributed by atoms with van der Waals surface area (Å²) in [6.07, 6.45) is 3.12. The Morgan fingerprint density at radius 2 is 2.09 bits per heavy atom. The van der Waals surface area contributed by atoms with Crippen molar-refractivity contribution in [3.8, 4) is 0 Å². The summed E-state index contributed by atoms with van der Waals surface area (Å²) in [5.74, 6) is -1.40. The Balaban J connectivity index is 2.51. The number of methoxy groups -OCH3 is 1. The van der Waals surface area contributed by atoms with Crippen molar-refractivity contribution in [1.29, 1.82) is 0 Å². The van der Waals surface area contributed by atoms with Gasteiger partial charge in [0, 0.05) is 19.4 Å². The Labute approximate surface area is 132 Å². The molecular weight excluding hydrogens is 288 g/mol. The van der Waals surface area contributed by atoms with Gasteiger partial charge in [-0.2, -0.15) is 0 Å². The number of carbonyl (C=O) groups is 1. The minimum absolute atomic E-state index is 0.131. The second-order valence-electron chi connectivity index (χ2n) is 6.13. The summed E-state index contributed by atoms with van der Waals surface area (Å²) >= 11 is 0. The van der Waals surface area contributed by atoms with Crippen LogP contribution in [-0.4, -0.2) is 53.0 Å². The summed E-state index contributed by atoms with van der Waals surface area (Å²) in [7, 11) is 1.51. The zero-order valence-corrected chi connectivity index (χ0v) is 13.6. The van der Waals surface area contributed by atoms with E-state index in [0.29, 0.717) is 12.8 Å². The van der Waals surface area contributed by atoms with E-state index in [2.05, 4.69) is 6.92 Å². The van der Waals surface area contributed by atoms with Gasteiger partial charge in [0.2, 0.25) is 0 Å². The molecule has 0 saturated carbocycles. The molecule has 1 aliphatic heterocycles. The van der Waals surface area contributed by atoms with Crippen LogP contribution in [0.25, 0.3) is 0 Å². The number of aliphatic hydroxyl groups excluding tert-OH is 2. The second-order valence-corrected chi connectivity index (χ2v) is 6.13. The van der Waals surface area contributed by atoms with E-state index >= 15 is 0 Å². The number of hydrogen-bond donors (Lipinski definition) is 3. The van der Waals surface area contributed by atoms with E-state index < -0.39 is 36.5 Å². The van der Waals surface area contributed by atoms with E-state index in [4.69, 9.17) is 14.6 Å². The van der Waals surface area contributed by atoms with Crippen LogP contribution in [0, 0.1) is 5.92 Å². The molecule has 1 rings (SSSR count). The third kappa shape index (κ3) is 6.60. The van der Waals surface area contributed by atoms with Crippen LogP contribution < -0.4 is 0 Å². The van der Waals surface area contributed by atoms with E-state index in [0.717, 1.165) is 25.7 Å². The second kappa shape index (κ2) is 10.2. The van der Waals surface area contributed by atoms with Crippen LogP contribution in [0.1, 0.15) is 58.3 Å². The van der Waals surface area contributed by atoms with Gasteiger partial charge in [0.05, 0.1) is 24.7 Å². The van der Waals surface area contributed by atoms with Crippen LogP contribution in [0.3, 0.4) is 0 Å². The first-order valence-electron chi connectivity index (χ1n) is 8.24. The smallest absolute Gasteiger partial charge is 0.303 e. The molecular formula is C16H30O6. The molecule has 0 spiro atoms. The maximum Gasteiger partial charge on any atom is 0.303 e. The van der Waals surface area contributed by atoms with Gasteiger partial charge < -0.3 is 24.8 Å². The quantitative estimate of drug-likeness (QED) is 0.533. The van der Waals surface area contributed by atoms with E-state index in [1.807, 2.05) is 0 Å². The van der Waals surface area contributed by atoms with Crippen molar-refractivity contribution in [2.75, 3.05) is 7.11 Å². The Bertz CT molecular complexity index is 322. The first-order valence-corrected chi connectivity index (χ1v) is 8.24. The highest BCUT2D eigenvalue weighted by Crippen LogP contribution is 2.31. The lowest BCUT2D eigenvalue weighted by Crippen LogP contribution is -2.46. The summed E-state index contributed by atoms with van der Waals surface area (Å²) in [6, 6.07) is 0. The predicted octanol–water partition coefficient (Wildman–Crippen LogP) is 1.92. The number of carboxylic acid groups (broad SMARTS) is 1. The number of hydrogen-bond acceptors (Lipinski definition) is 5. The molecule has 0 aromatic rings. The number of ether oxygens (including phenoxy) is 2. The lowest BCUT2D eigenvalue weighted by atomic mass is 9.85. The highest BCUT2D eigenvalue weighted by atomic mass is 16.7. The average Bonchev–Trinajstić information content (AvgIpc) is 2.47. The van der Waals surface area contributed by atoms with Crippen LogP contribution in [0.5, 0.6) is 0 Å². The number of unbranched alkanes of at least 4 members (excludes halogenated alkanes) is 2. The molecule has 130 valence electrons. The van der Waals surface area contributed by atoms with Gasteiger partial charge in [0.25, 0.3) is 0 Å². The zero-order valence-electron chi connectivity index (χ0n) is 13.6. The Morgan fingerprint density at radius 3 is 2.68 bits per heavy atom. The van der Waals surface area contributed by atoms with Gasteiger partial charge in [0.15, 0.2) is 6.29 Å². The maximum absolute atomic E-state index is 11.0. The van der Waals surface area contributed by atoms with Gasteiger partial charge in [-0.25, -0.2) is 0 Å². The fourth-order valence-corrected chi connectivity index (χ4v) is 3.01. The van der Waals surface area contributed by atoms with E-state index in [1.54, 1.807) is 0 Å². The summed E-state index contributed by atoms with van der Waals surface area (Å²) < 4.78 is 10.9. The number of aliphatic hydroxyl groups is 2. The van der Waals surface area contributed by atoms with Crippen LogP contribution in [0.2, 0.25) is 0 Å². The van der Waals surface area contributed by atoms with Crippen molar-refractivity contribution in [2.45, 2.75) is 82.9 Å². The van der Waals surface area contributed by atoms with Gasteiger partial charge in [-0.3, -0.25) is 4.79 Å². The molecule has 1 unspecified atom stereocenters. The van der Waals surface area contributed by atoms with Crippen molar-refractivity contribution in [1.82, 2.24) is 0 Å². The van der Waals surface area contributed by atoms with E-state index in [1.165, 1.54) is 7.11 Å². The fraction of sp³-hybridized carbons (Fsp3) is 0.938. The minimum Gasteiger partial charge on any atom is -0.481 e. The molecule has 1 aliphatic rings. The standard InChI is InChI=1S/C16H30O6/c1-3-4-5-6-11(17)7-8-14-12(9-15(19)20)13(18)10-16(21-2)22-14/h11-14,16-18H,3-10H2,1-2H3,(H,19,20)/t11?,12-,13-,14+,16-/m0/s1. The van der Waals surface area contributed by atoms with Gasteiger partial charge in [-0.15, -0.1) is 0 Å². The third-order valence-electron chi connectivity index (χ3n) is 4.33. The fourth-order valence-electron chi connectivity index (χ4n) is 3.01. The summed E-state index contributed by atoms with van der Waals surface area (Å²) in [4.78, 5) is 11.0. The topological polar surface area (TPSA) is 96.2 Å². The summed E-state index contributed by atoms with van der Waals surface area (Å²) in [5.41, 5.74) is 0. The number of aliphatic carboxylic acids is 1. The van der Waals surface area contributed by atoms with Crippen molar-refractivity contribution in [3.05, 3.63) is 0 Å². The van der Waals surface area contributed by atoms with Crippen LogP contribution in [0.4, 0.5) is 0 Å². The van der Waals surface area contributed by atoms with Crippen molar-refractivity contribution >= 4 is 5.97 Å². The monoisotopic (exact) mass is 318 g/mol. The average molecular weight is 318 g/mol. The molecule has 1 fully saturated rings. The van der Waals surface area contributed by atoms with E-state index in [-0.39, 0.29) is 12.8 Å². The molecule has 6 nitrogen and oxygen atoms in total. The molecule has 0 aromatic heterocycles. The van der Waals surface area contributed by atoms with Gasteiger partial charge in [-0.05, 0) is 19.3 Å². The highest BCUT2D eigenvalue weighted by Gasteiger charge is 2.39. The molecule has 3 N–H and O–H groups in total. The van der Waals surface area contributed by atoms with Gasteiger partial charge >= 0.3 is 5.97 Å². The van der Waals surface area contributed by atoms with Crippen molar-refractivity contribution in [2.24, 2.45) is 5.92 Å². The Kier molecular flexibility index (Phi) is 8.93. The molecule has 0 aliphatic carbocycles. The van der Waals surface area contributed by atoms with Crippen LogP contribution >= 0.6 is 0 Å². The van der Waals surface area contributed by atoms with E-state index in [9.17, 15) is 15.0 Å². The summed E-state index contributed by atoms with van der Waals surface area (Å²) in [6.45, 7) is 2.12. The minimum atomic E-state index is -0.947. The highest BCUT2D eigenvalue weighted by molar-refractivity contribution is 5.67. The maximum atomic E-state index is 11.0. The van der Waals surface area contributed by atoms with Gasteiger partial charge in [0.1, 0.15) is 0 Å². The van der Waals surface area contributed by atoms with Crippen molar-refractivity contribution in [3.63, 3.8) is 0 Å². The molecule has 6 heteroatoms. The molecule has 0 amide bonds. The largest absolute Gasteiger partial charge is 0.481 e. The first-order chi connectivity index (χ1) is 10.5. The zero-order chi connectivity index (χ0) is 16.5. The molecule has 22 heavy (non-hydrogen) atoms. The Morgan fingerprint density at radius 1 is 1.36 bits per heavy atom. The lowest BCUT2D eigenvalue weighted by Gasteiger charge is -2.39. The van der Waals surface area contributed by atoms with Crippen LogP contribution in [-0.2, 0) is 14.3 Å². The first kappa shape index (κ1) is 19.4. The van der Waals surface area contributed by atoms with Gasteiger partial charge in [-0.1, -0.05) is 26.2 Å². The van der Waals surface area contributed by atoms with Crippen molar-refractivity contribution < 1.29 is 29.6 Å².